The Morgan fingerprint density at radius 3 is 2.45 bits per heavy atom. The number of benzene rings is 2. The Morgan fingerprint density at radius 2 is 1.76 bits per heavy atom. The predicted molar refractivity (Wildman–Crippen MR) is 121 cm³/mol. The molecule has 0 fully saturated rings. The SMILES string of the molecule is CCCCc1ccc(Nc2cc(C(C)C)nc3c(-c4ccccc4)cnn23)cc1. The van der Waals surface area contributed by atoms with E-state index in [2.05, 4.69) is 73.7 Å². The Kier molecular flexibility index (Phi) is 5.61. The third kappa shape index (κ3) is 4.16. The van der Waals surface area contributed by atoms with E-state index < -0.39 is 0 Å². The number of anilines is 2. The number of aryl methyl sites for hydroxylation is 1. The molecule has 0 saturated heterocycles. The number of nitrogens with zero attached hydrogens (tertiary/aromatic N) is 3. The van der Waals surface area contributed by atoms with Crippen molar-refractivity contribution >= 4 is 17.2 Å². The summed E-state index contributed by atoms with van der Waals surface area (Å²) in [5.41, 5.74) is 6.55. The molecule has 148 valence electrons. The van der Waals surface area contributed by atoms with E-state index >= 15 is 0 Å². The molecule has 0 aliphatic rings. The molecule has 4 aromatic rings. The number of hydrogen-bond acceptors (Lipinski definition) is 3. The molecule has 0 atom stereocenters. The van der Waals surface area contributed by atoms with Gasteiger partial charge in [0.2, 0.25) is 0 Å². The summed E-state index contributed by atoms with van der Waals surface area (Å²) in [5.74, 6) is 1.26. The highest BCUT2D eigenvalue weighted by Crippen LogP contribution is 2.28. The number of nitrogens with one attached hydrogen (secondary N) is 1. The lowest BCUT2D eigenvalue weighted by atomic mass is 10.1. The third-order valence-corrected chi connectivity index (χ3v) is 5.21. The molecule has 1 N–H and O–H groups in total. The van der Waals surface area contributed by atoms with Crippen LogP contribution in [-0.2, 0) is 6.42 Å². The van der Waals surface area contributed by atoms with Crippen molar-refractivity contribution in [3.63, 3.8) is 0 Å². The van der Waals surface area contributed by atoms with Gasteiger partial charge in [0, 0.05) is 23.0 Å². The van der Waals surface area contributed by atoms with Gasteiger partial charge < -0.3 is 5.32 Å². The van der Waals surface area contributed by atoms with Gasteiger partial charge >= 0.3 is 0 Å². The number of fused-ring (bicyclic) bond motifs is 1. The van der Waals surface area contributed by atoms with Crippen molar-refractivity contribution in [2.24, 2.45) is 0 Å². The maximum absolute atomic E-state index is 4.92. The van der Waals surface area contributed by atoms with Crippen molar-refractivity contribution < 1.29 is 0 Å². The Balaban J connectivity index is 1.73. The molecule has 0 radical (unpaired) electrons. The summed E-state index contributed by atoms with van der Waals surface area (Å²) < 4.78 is 1.90. The zero-order valence-corrected chi connectivity index (χ0v) is 17.4. The fraction of sp³-hybridized carbons (Fsp3) is 0.280. The first-order chi connectivity index (χ1) is 14.2. The molecule has 2 aromatic carbocycles. The minimum Gasteiger partial charge on any atom is -0.340 e. The quantitative estimate of drug-likeness (QED) is 0.390. The summed E-state index contributed by atoms with van der Waals surface area (Å²) in [5, 5.41) is 8.19. The standard InChI is InChI=1S/C25H28N4/c1-4-5-9-19-12-14-21(15-13-19)27-24-16-23(18(2)3)28-25-22(17-26-29(24)25)20-10-7-6-8-11-20/h6-8,10-18,27H,4-5,9H2,1-3H3. The van der Waals surface area contributed by atoms with Crippen LogP contribution >= 0.6 is 0 Å². The number of rotatable bonds is 7. The second-order valence-electron chi connectivity index (χ2n) is 7.81. The first-order valence-electron chi connectivity index (χ1n) is 10.5. The zero-order chi connectivity index (χ0) is 20.2. The summed E-state index contributed by atoms with van der Waals surface area (Å²) in [4.78, 5) is 4.92. The molecule has 4 nitrogen and oxygen atoms in total. The van der Waals surface area contributed by atoms with Crippen molar-refractivity contribution in [3.05, 3.63) is 78.1 Å². The van der Waals surface area contributed by atoms with Crippen molar-refractivity contribution in [1.82, 2.24) is 14.6 Å². The van der Waals surface area contributed by atoms with E-state index in [0.29, 0.717) is 5.92 Å². The van der Waals surface area contributed by atoms with Crippen molar-refractivity contribution in [2.75, 3.05) is 5.32 Å². The molecule has 4 heteroatoms. The van der Waals surface area contributed by atoms with E-state index in [1.807, 2.05) is 28.9 Å². The molecule has 0 amide bonds. The van der Waals surface area contributed by atoms with E-state index in [4.69, 9.17) is 4.98 Å². The summed E-state index contributed by atoms with van der Waals surface area (Å²) in [7, 11) is 0. The Bertz CT molecular complexity index is 1080. The fourth-order valence-electron chi connectivity index (χ4n) is 3.47. The maximum Gasteiger partial charge on any atom is 0.165 e. The lowest BCUT2D eigenvalue weighted by molar-refractivity contribution is 0.795. The molecule has 0 aliphatic carbocycles. The minimum absolute atomic E-state index is 0.329. The number of hydrogen-bond donors (Lipinski definition) is 1. The Hall–Kier alpha value is -3.14. The van der Waals surface area contributed by atoms with E-state index in [0.717, 1.165) is 40.4 Å². The van der Waals surface area contributed by atoms with Crippen LogP contribution in [0.1, 0.15) is 50.8 Å². The topological polar surface area (TPSA) is 42.2 Å². The Labute approximate surface area is 172 Å². The van der Waals surface area contributed by atoms with Crippen LogP contribution in [0.25, 0.3) is 16.8 Å². The molecule has 0 bridgehead atoms. The van der Waals surface area contributed by atoms with Crippen LogP contribution in [0.5, 0.6) is 0 Å². The van der Waals surface area contributed by atoms with Gasteiger partial charge in [0.05, 0.1) is 6.20 Å². The van der Waals surface area contributed by atoms with Crippen molar-refractivity contribution in [3.8, 4) is 11.1 Å². The van der Waals surface area contributed by atoms with Gasteiger partial charge in [-0.05, 0) is 42.0 Å². The highest BCUT2D eigenvalue weighted by atomic mass is 15.3. The predicted octanol–water partition coefficient (Wildman–Crippen LogP) is 6.61. The minimum atomic E-state index is 0.329. The van der Waals surface area contributed by atoms with Gasteiger partial charge in [-0.3, -0.25) is 0 Å². The monoisotopic (exact) mass is 384 g/mol. The molecular weight excluding hydrogens is 356 g/mol. The van der Waals surface area contributed by atoms with Gasteiger partial charge in [-0.1, -0.05) is 69.7 Å². The van der Waals surface area contributed by atoms with Crippen molar-refractivity contribution in [1.29, 1.82) is 0 Å². The fourth-order valence-corrected chi connectivity index (χ4v) is 3.47. The average molecular weight is 385 g/mol. The van der Waals surface area contributed by atoms with E-state index in [1.54, 1.807) is 0 Å². The normalized spacial score (nSPS) is 11.3. The summed E-state index contributed by atoms with van der Waals surface area (Å²) in [6.07, 6.45) is 5.48. The van der Waals surface area contributed by atoms with Gasteiger partial charge in [-0.2, -0.15) is 9.61 Å². The first-order valence-corrected chi connectivity index (χ1v) is 10.5. The number of aromatic nitrogens is 3. The van der Waals surface area contributed by atoms with Gasteiger partial charge in [-0.25, -0.2) is 4.98 Å². The van der Waals surface area contributed by atoms with E-state index in [9.17, 15) is 0 Å². The second-order valence-corrected chi connectivity index (χ2v) is 7.81. The van der Waals surface area contributed by atoms with Gasteiger partial charge in [0.15, 0.2) is 5.65 Å². The smallest absolute Gasteiger partial charge is 0.165 e. The average Bonchev–Trinajstić information content (AvgIpc) is 3.18. The molecule has 2 aromatic heterocycles. The second kappa shape index (κ2) is 8.48. The molecule has 2 heterocycles. The Morgan fingerprint density at radius 1 is 1.00 bits per heavy atom. The van der Waals surface area contributed by atoms with Crippen LogP contribution in [0.4, 0.5) is 11.5 Å². The summed E-state index contributed by atoms with van der Waals surface area (Å²) in [6, 6.07) is 21.1. The maximum atomic E-state index is 4.92. The van der Waals surface area contributed by atoms with Gasteiger partial charge in [0.25, 0.3) is 0 Å². The third-order valence-electron chi connectivity index (χ3n) is 5.21. The van der Waals surface area contributed by atoms with Crippen LogP contribution in [-0.4, -0.2) is 14.6 Å². The molecule has 4 rings (SSSR count). The number of unbranched alkanes of at least 4 members (excludes halogenated alkanes) is 1. The molecule has 0 aliphatic heterocycles. The van der Waals surface area contributed by atoms with Crippen LogP contribution in [0.2, 0.25) is 0 Å². The molecule has 0 unspecified atom stereocenters. The summed E-state index contributed by atoms with van der Waals surface area (Å²) in [6.45, 7) is 6.57. The highest BCUT2D eigenvalue weighted by molar-refractivity contribution is 5.78. The van der Waals surface area contributed by atoms with E-state index in [1.165, 1.54) is 18.4 Å². The summed E-state index contributed by atoms with van der Waals surface area (Å²) >= 11 is 0. The molecule has 29 heavy (non-hydrogen) atoms. The molecular formula is C25H28N4. The molecule has 0 spiro atoms. The first kappa shape index (κ1) is 19.2. The largest absolute Gasteiger partial charge is 0.340 e. The van der Waals surface area contributed by atoms with Crippen LogP contribution < -0.4 is 5.32 Å². The van der Waals surface area contributed by atoms with E-state index in [-0.39, 0.29) is 0 Å². The van der Waals surface area contributed by atoms with Gasteiger partial charge in [0.1, 0.15) is 5.82 Å². The highest BCUT2D eigenvalue weighted by Gasteiger charge is 2.14. The zero-order valence-electron chi connectivity index (χ0n) is 17.4. The van der Waals surface area contributed by atoms with Crippen molar-refractivity contribution in [2.45, 2.75) is 46.0 Å². The lowest BCUT2D eigenvalue weighted by Crippen LogP contribution is -2.05. The lowest BCUT2D eigenvalue weighted by Gasteiger charge is -2.13. The van der Waals surface area contributed by atoms with Crippen LogP contribution in [0.15, 0.2) is 66.9 Å². The van der Waals surface area contributed by atoms with Gasteiger partial charge in [-0.15, -0.1) is 0 Å². The van der Waals surface area contributed by atoms with Crippen LogP contribution in [0.3, 0.4) is 0 Å². The molecule has 0 saturated carbocycles. The van der Waals surface area contributed by atoms with Crippen LogP contribution in [0, 0.1) is 0 Å².